The summed E-state index contributed by atoms with van der Waals surface area (Å²) in [6, 6.07) is -0.272. The Morgan fingerprint density at radius 2 is 1.86 bits per heavy atom. The summed E-state index contributed by atoms with van der Waals surface area (Å²) < 4.78 is 5.31. The molecule has 0 aromatic heterocycles. The molecule has 0 atom stereocenters. The van der Waals surface area contributed by atoms with Crippen molar-refractivity contribution < 1.29 is 19.4 Å². The van der Waals surface area contributed by atoms with Gasteiger partial charge in [0.05, 0.1) is 0 Å². The van der Waals surface area contributed by atoms with Crippen LogP contribution in [0.15, 0.2) is 0 Å². The molecule has 6 nitrogen and oxygen atoms in total. The molecule has 2 aliphatic rings. The predicted octanol–water partition coefficient (Wildman–Crippen LogP) is 1.84. The minimum Gasteiger partial charge on any atom is -0.480 e. The van der Waals surface area contributed by atoms with Gasteiger partial charge in [0.25, 0.3) is 0 Å². The second-order valence-electron chi connectivity index (χ2n) is 6.31. The molecule has 2 rings (SSSR count). The molecule has 1 saturated carbocycles. The molecule has 120 valence electrons. The lowest BCUT2D eigenvalue weighted by atomic mass is 9.82. The highest BCUT2D eigenvalue weighted by atomic mass is 16.5. The van der Waals surface area contributed by atoms with Gasteiger partial charge in [-0.15, -0.1) is 0 Å². The maximum atomic E-state index is 12.3. The third kappa shape index (κ3) is 4.09. The maximum absolute atomic E-state index is 12.3. The number of carboxylic acid groups (broad SMARTS) is 1. The molecule has 0 spiro atoms. The Labute approximate surface area is 125 Å². The fraction of sp³-hybridized carbons (Fsp3) is 0.867. The van der Waals surface area contributed by atoms with Crippen molar-refractivity contribution in [1.29, 1.82) is 0 Å². The minimum absolute atomic E-state index is 0.272. The van der Waals surface area contributed by atoms with E-state index in [1.165, 1.54) is 0 Å². The summed E-state index contributed by atoms with van der Waals surface area (Å²) in [6.07, 6.45) is 5.73. The van der Waals surface area contributed by atoms with Gasteiger partial charge in [0.15, 0.2) is 0 Å². The Morgan fingerprint density at radius 3 is 2.43 bits per heavy atom. The summed E-state index contributed by atoms with van der Waals surface area (Å²) in [4.78, 5) is 25.5. The van der Waals surface area contributed by atoms with E-state index in [4.69, 9.17) is 4.74 Å². The average molecular weight is 298 g/mol. The summed E-state index contributed by atoms with van der Waals surface area (Å²) in [5.41, 5.74) is -1.07. The fourth-order valence-corrected chi connectivity index (χ4v) is 3.25. The van der Waals surface area contributed by atoms with E-state index in [-0.39, 0.29) is 6.03 Å². The van der Waals surface area contributed by atoms with Crippen LogP contribution in [0.25, 0.3) is 0 Å². The summed E-state index contributed by atoms with van der Waals surface area (Å²) in [5.74, 6) is -0.461. The molecule has 0 aromatic rings. The zero-order valence-electron chi connectivity index (χ0n) is 12.8. The van der Waals surface area contributed by atoms with Crippen molar-refractivity contribution in [3.63, 3.8) is 0 Å². The minimum atomic E-state index is -1.07. The molecule has 1 heterocycles. The SMILES string of the molecule is CN(CC1CCOCC1)C(=O)NC1(C(=O)O)CCCCC1. The van der Waals surface area contributed by atoms with Crippen LogP contribution in [-0.2, 0) is 9.53 Å². The Hall–Kier alpha value is -1.30. The summed E-state index contributed by atoms with van der Waals surface area (Å²) >= 11 is 0. The van der Waals surface area contributed by atoms with Crippen LogP contribution in [0.2, 0.25) is 0 Å². The first-order valence-corrected chi connectivity index (χ1v) is 7.88. The van der Waals surface area contributed by atoms with Gasteiger partial charge < -0.3 is 20.1 Å². The second kappa shape index (κ2) is 7.11. The van der Waals surface area contributed by atoms with Crippen LogP contribution in [0.5, 0.6) is 0 Å². The van der Waals surface area contributed by atoms with Gasteiger partial charge in [0.2, 0.25) is 0 Å². The van der Waals surface area contributed by atoms with Gasteiger partial charge in [-0.3, -0.25) is 0 Å². The Morgan fingerprint density at radius 1 is 1.24 bits per heavy atom. The zero-order valence-corrected chi connectivity index (χ0v) is 12.8. The van der Waals surface area contributed by atoms with Gasteiger partial charge in [-0.2, -0.15) is 0 Å². The highest BCUT2D eigenvalue weighted by Gasteiger charge is 2.41. The summed E-state index contributed by atoms with van der Waals surface area (Å²) in [5, 5.41) is 12.3. The molecule has 0 aromatic carbocycles. The molecule has 2 amide bonds. The number of hydrogen-bond acceptors (Lipinski definition) is 3. The lowest BCUT2D eigenvalue weighted by Gasteiger charge is -2.36. The van der Waals surface area contributed by atoms with Gasteiger partial charge >= 0.3 is 12.0 Å². The highest BCUT2D eigenvalue weighted by molar-refractivity contribution is 5.86. The van der Waals surface area contributed by atoms with E-state index in [0.717, 1.165) is 45.3 Å². The number of nitrogens with one attached hydrogen (secondary N) is 1. The van der Waals surface area contributed by atoms with Crippen LogP contribution in [0.3, 0.4) is 0 Å². The number of carboxylic acids is 1. The first kappa shape index (κ1) is 16.1. The molecule has 1 saturated heterocycles. The zero-order chi connectivity index (χ0) is 15.3. The largest absolute Gasteiger partial charge is 0.480 e. The van der Waals surface area contributed by atoms with E-state index in [1.54, 1.807) is 11.9 Å². The second-order valence-corrected chi connectivity index (χ2v) is 6.31. The van der Waals surface area contributed by atoms with Gasteiger partial charge in [0.1, 0.15) is 5.54 Å². The van der Waals surface area contributed by atoms with Gasteiger partial charge in [0, 0.05) is 26.8 Å². The van der Waals surface area contributed by atoms with Gasteiger partial charge in [-0.1, -0.05) is 19.3 Å². The average Bonchev–Trinajstić information content (AvgIpc) is 2.49. The number of carbonyl (C=O) groups is 2. The van der Waals surface area contributed by atoms with Crippen molar-refractivity contribution >= 4 is 12.0 Å². The van der Waals surface area contributed by atoms with Crippen LogP contribution in [-0.4, -0.2) is 54.4 Å². The molecule has 1 aliphatic carbocycles. The van der Waals surface area contributed by atoms with Crippen LogP contribution in [0, 0.1) is 5.92 Å². The van der Waals surface area contributed by atoms with E-state index >= 15 is 0 Å². The number of nitrogens with zero attached hydrogens (tertiary/aromatic N) is 1. The molecule has 0 radical (unpaired) electrons. The van der Waals surface area contributed by atoms with E-state index in [0.29, 0.717) is 25.3 Å². The number of amides is 2. The van der Waals surface area contributed by atoms with Crippen molar-refractivity contribution in [2.75, 3.05) is 26.8 Å². The van der Waals surface area contributed by atoms with Crippen molar-refractivity contribution in [2.45, 2.75) is 50.5 Å². The summed E-state index contributed by atoms with van der Waals surface area (Å²) in [7, 11) is 1.74. The van der Waals surface area contributed by atoms with Crippen molar-refractivity contribution in [3.8, 4) is 0 Å². The Kier molecular flexibility index (Phi) is 5.45. The third-order valence-corrected chi connectivity index (χ3v) is 4.68. The topological polar surface area (TPSA) is 78.9 Å². The lowest BCUT2D eigenvalue weighted by molar-refractivity contribution is -0.145. The molecule has 2 N–H and O–H groups in total. The highest BCUT2D eigenvalue weighted by Crippen LogP contribution is 2.28. The Bertz CT molecular complexity index is 374. The van der Waals surface area contributed by atoms with Crippen LogP contribution in [0.1, 0.15) is 44.9 Å². The van der Waals surface area contributed by atoms with Crippen molar-refractivity contribution in [3.05, 3.63) is 0 Å². The number of carbonyl (C=O) groups excluding carboxylic acids is 1. The quantitative estimate of drug-likeness (QED) is 0.830. The molecule has 1 aliphatic heterocycles. The number of aliphatic carboxylic acids is 1. The van der Waals surface area contributed by atoms with E-state index in [1.807, 2.05) is 0 Å². The normalized spacial score (nSPS) is 22.5. The van der Waals surface area contributed by atoms with Crippen molar-refractivity contribution in [1.82, 2.24) is 10.2 Å². The van der Waals surface area contributed by atoms with Crippen LogP contribution < -0.4 is 5.32 Å². The number of ether oxygens (including phenoxy) is 1. The van der Waals surface area contributed by atoms with Gasteiger partial charge in [-0.25, -0.2) is 9.59 Å². The molecule has 21 heavy (non-hydrogen) atoms. The lowest BCUT2D eigenvalue weighted by Crippen LogP contribution is -2.58. The number of rotatable bonds is 4. The molecule has 2 fully saturated rings. The van der Waals surface area contributed by atoms with Crippen LogP contribution >= 0.6 is 0 Å². The maximum Gasteiger partial charge on any atom is 0.329 e. The smallest absolute Gasteiger partial charge is 0.329 e. The predicted molar refractivity (Wildman–Crippen MR) is 78.2 cm³/mol. The van der Waals surface area contributed by atoms with E-state index in [9.17, 15) is 14.7 Å². The first-order valence-electron chi connectivity index (χ1n) is 7.88. The molecular formula is C15H26N2O4. The number of hydrogen-bond donors (Lipinski definition) is 2. The van der Waals surface area contributed by atoms with E-state index < -0.39 is 11.5 Å². The van der Waals surface area contributed by atoms with Crippen molar-refractivity contribution in [2.24, 2.45) is 5.92 Å². The van der Waals surface area contributed by atoms with Gasteiger partial charge in [-0.05, 0) is 31.6 Å². The number of urea groups is 1. The third-order valence-electron chi connectivity index (χ3n) is 4.68. The summed E-state index contributed by atoms with van der Waals surface area (Å²) in [6.45, 7) is 2.16. The van der Waals surface area contributed by atoms with Crippen LogP contribution in [0.4, 0.5) is 4.79 Å². The molecule has 6 heteroatoms. The molecule has 0 bridgehead atoms. The monoisotopic (exact) mass is 298 g/mol. The molecular weight excluding hydrogens is 272 g/mol. The first-order chi connectivity index (χ1) is 10.0. The standard InChI is InChI=1S/C15H26N2O4/c1-17(11-12-5-9-21-10-6-12)14(20)16-15(13(18)19)7-3-2-4-8-15/h12H,2-11H2,1H3,(H,16,20)(H,18,19). The Balaban J connectivity index is 1.90. The van der Waals surface area contributed by atoms with E-state index in [2.05, 4.69) is 5.32 Å². The molecule has 0 unspecified atom stereocenters. The fourth-order valence-electron chi connectivity index (χ4n) is 3.25.